The van der Waals surface area contributed by atoms with Gasteiger partial charge in [0.05, 0.1) is 19.1 Å². The van der Waals surface area contributed by atoms with Gasteiger partial charge in [0, 0.05) is 23.6 Å². The van der Waals surface area contributed by atoms with Crippen LogP contribution in [0.15, 0.2) is 18.2 Å². The molecule has 0 bridgehead atoms. The van der Waals surface area contributed by atoms with Crippen LogP contribution in [0, 0.1) is 0 Å². The molecule has 0 amide bonds. The zero-order valence-corrected chi connectivity index (χ0v) is 13.5. The SMILES string of the molecule is COc1cc2cc(C(F)(F)CCC(=O)C(F)(F)F)sc2cc1OC. The van der Waals surface area contributed by atoms with Gasteiger partial charge in [0.25, 0.3) is 5.92 Å². The van der Waals surface area contributed by atoms with Gasteiger partial charge in [-0.15, -0.1) is 11.3 Å². The minimum Gasteiger partial charge on any atom is -0.493 e. The Balaban J connectivity index is 2.28. The first-order valence-corrected chi connectivity index (χ1v) is 7.54. The summed E-state index contributed by atoms with van der Waals surface area (Å²) in [7, 11) is 2.80. The average molecular weight is 368 g/mol. The predicted octanol–water partition coefficient (Wildman–Crippen LogP) is 4.92. The van der Waals surface area contributed by atoms with E-state index in [0.717, 1.165) is 11.3 Å². The molecule has 2 aromatic rings. The number of methoxy groups -OCH3 is 2. The van der Waals surface area contributed by atoms with Gasteiger partial charge in [0.2, 0.25) is 5.78 Å². The van der Waals surface area contributed by atoms with E-state index in [9.17, 15) is 26.7 Å². The van der Waals surface area contributed by atoms with Gasteiger partial charge in [-0.1, -0.05) is 0 Å². The summed E-state index contributed by atoms with van der Waals surface area (Å²) in [5.41, 5.74) is 0. The number of alkyl halides is 5. The van der Waals surface area contributed by atoms with Crippen molar-refractivity contribution in [2.45, 2.75) is 24.9 Å². The Bertz CT molecular complexity index is 710. The van der Waals surface area contributed by atoms with E-state index in [1.807, 2.05) is 0 Å². The van der Waals surface area contributed by atoms with E-state index in [4.69, 9.17) is 9.47 Å². The second kappa shape index (κ2) is 6.54. The molecule has 0 spiro atoms. The Morgan fingerprint density at radius 1 is 1.04 bits per heavy atom. The first-order valence-electron chi connectivity index (χ1n) is 6.72. The molecule has 24 heavy (non-hydrogen) atoms. The fraction of sp³-hybridized carbons (Fsp3) is 0.400. The lowest BCUT2D eigenvalue weighted by Crippen LogP contribution is -2.24. The highest BCUT2D eigenvalue weighted by atomic mass is 32.1. The van der Waals surface area contributed by atoms with Crippen molar-refractivity contribution < 1.29 is 36.2 Å². The van der Waals surface area contributed by atoms with E-state index >= 15 is 0 Å². The highest BCUT2D eigenvalue weighted by molar-refractivity contribution is 7.19. The van der Waals surface area contributed by atoms with Crippen molar-refractivity contribution in [2.24, 2.45) is 0 Å². The molecule has 2 rings (SSSR count). The number of Topliss-reactive ketones (excluding diaryl/α,β-unsaturated/α-hetero) is 1. The molecule has 0 aliphatic rings. The van der Waals surface area contributed by atoms with Crippen molar-refractivity contribution in [1.82, 2.24) is 0 Å². The number of hydrogen-bond donors (Lipinski definition) is 0. The fourth-order valence-corrected chi connectivity index (χ4v) is 3.16. The van der Waals surface area contributed by atoms with E-state index in [1.165, 1.54) is 32.4 Å². The highest BCUT2D eigenvalue weighted by Gasteiger charge is 2.41. The lowest BCUT2D eigenvalue weighted by molar-refractivity contribution is -0.172. The van der Waals surface area contributed by atoms with Crippen LogP contribution in [0.5, 0.6) is 11.5 Å². The second-order valence-electron chi connectivity index (χ2n) is 4.98. The van der Waals surface area contributed by atoms with Crippen LogP contribution in [0.3, 0.4) is 0 Å². The zero-order chi connectivity index (χ0) is 18.1. The fourth-order valence-electron chi connectivity index (χ4n) is 2.08. The van der Waals surface area contributed by atoms with Crippen molar-refractivity contribution in [3.8, 4) is 11.5 Å². The number of rotatable bonds is 6. The third-order valence-electron chi connectivity index (χ3n) is 3.37. The van der Waals surface area contributed by atoms with Gasteiger partial charge < -0.3 is 9.47 Å². The van der Waals surface area contributed by atoms with Crippen molar-refractivity contribution in [3.63, 3.8) is 0 Å². The monoisotopic (exact) mass is 368 g/mol. The third-order valence-corrected chi connectivity index (χ3v) is 4.58. The normalized spacial score (nSPS) is 12.5. The van der Waals surface area contributed by atoms with E-state index in [1.54, 1.807) is 0 Å². The predicted molar refractivity (Wildman–Crippen MR) is 79.1 cm³/mol. The van der Waals surface area contributed by atoms with Gasteiger partial charge >= 0.3 is 6.18 Å². The lowest BCUT2D eigenvalue weighted by Gasteiger charge is -2.14. The van der Waals surface area contributed by atoms with Crippen LogP contribution in [0.25, 0.3) is 10.1 Å². The van der Waals surface area contributed by atoms with Crippen LogP contribution in [0.1, 0.15) is 17.7 Å². The molecule has 1 heterocycles. The quantitative estimate of drug-likeness (QED) is 0.679. The van der Waals surface area contributed by atoms with Crippen LogP contribution in [-0.4, -0.2) is 26.2 Å². The highest BCUT2D eigenvalue weighted by Crippen LogP contribution is 2.43. The molecule has 0 saturated heterocycles. The first kappa shape index (κ1) is 18.4. The first-order chi connectivity index (χ1) is 11.1. The molecule has 9 heteroatoms. The summed E-state index contributed by atoms with van der Waals surface area (Å²) in [6.07, 6.45) is -7.57. The standard InChI is InChI=1S/C15H13F5O3S/c1-22-9-5-8-6-13(24-11(8)7-10(9)23-2)14(16,17)4-3-12(21)15(18,19)20/h5-7H,3-4H2,1-2H3. The second-order valence-corrected chi connectivity index (χ2v) is 6.06. The van der Waals surface area contributed by atoms with Gasteiger partial charge in [-0.2, -0.15) is 13.2 Å². The number of fused-ring (bicyclic) bond motifs is 1. The number of thiophene rings is 1. The molecule has 0 radical (unpaired) electrons. The molecule has 1 aromatic heterocycles. The number of ether oxygens (including phenoxy) is 2. The molecular weight excluding hydrogens is 355 g/mol. The van der Waals surface area contributed by atoms with Crippen LogP contribution in [0.2, 0.25) is 0 Å². The van der Waals surface area contributed by atoms with Crippen molar-refractivity contribution in [1.29, 1.82) is 0 Å². The average Bonchev–Trinajstić information content (AvgIpc) is 2.93. The van der Waals surface area contributed by atoms with E-state index in [0.29, 0.717) is 21.6 Å². The maximum atomic E-state index is 14.1. The summed E-state index contributed by atoms with van der Waals surface area (Å²) in [4.78, 5) is 10.4. The van der Waals surface area contributed by atoms with Crippen LogP contribution >= 0.6 is 11.3 Å². The maximum absolute atomic E-state index is 14.1. The topological polar surface area (TPSA) is 35.5 Å². The van der Waals surface area contributed by atoms with Crippen molar-refractivity contribution in [2.75, 3.05) is 14.2 Å². The van der Waals surface area contributed by atoms with Gasteiger partial charge in [-0.3, -0.25) is 4.79 Å². The molecule has 0 aliphatic carbocycles. The Hall–Kier alpha value is -1.90. The molecule has 1 aromatic carbocycles. The maximum Gasteiger partial charge on any atom is 0.449 e. The van der Waals surface area contributed by atoms with E-state index in [2.05, 4.69) is 0 Å². The van der Waals surface area contributed by atoms with Crippen LogP contribution in [0.4, 0.5) is 22.0 Å². The molecule has 3 nitrogen and oxygen atoms in total. The Labute approximate surface area is 138 Å². The number of carbonyl (C=O) groups is 1. The summed E-state index contributed by atoms with van der Waals surface area (Å²) in [5.74, 6) is -4.99. The smallest absolute Gasteiger partial charge is 0.449 e. The zero-order valence-electron chi connectivity index (χ0n) is 12.7. The number of carbonyl (C=O) groups excluding carboxylic acids is 1. The number of ketones is 1. The number of hydrogen-bond acceptors (Lipinski definition) is 4. The Morgan fingerprint density at radius 2 is 1.62 bits per heavy atom. The van der Waals surface area contributed by atoms with Crippen LogP contribution < -0.4 is 9.47 Å². The summed E-state index contributed by atoms with van der Waals surface area (Å²) in [6, 6.07) is 4.20. The lowest BCUT2D eigenvalue weighted by atomic mass is 10.1. The molecule has 0 atom stereocenters. The Kier molecular flexibility index (Phi) is 5.03. The molecule has 132 valence electrons. The minimum atomic E-state index is -5.10. The molecule has 0 fully saturated rings. The van der Waals surface area contributed by atoms with Gasteiger partial charge in [0.15, 0.2) is 11.5 Å². The summed E-state index contributed by atoms with van der Waals surface area (Å²) >= 11 is 0.734. The van der Waals surface area contributed by atoms with E-state index in [-0.39, 0.29) is 0 Å². The third kappa shape index (κ3) is 3.77. The summed E-state index contributed by atoms with van der Waals surface area (Å²) in [6.45, 7) is 0. The van der Waals surface area contributed by atoms with Gasteiger partial charge in [-0.05, 0) is 17.5 Å². The Morgan fingerprint density at radius 3 is 2.17 bits per heavy atom. The van der Waals surface area contributed by atoms with Crippen molar-refractivity contribution >= 4 is 27.2 Å². The molecule has 0 unspecified atom stereocenters. The molecule has 0 N–H and O–H groups in total. The van der Waals surface area contributed by atoms with E-state index < -0.39 is 35.6 Å². The van der Waals surface area contributed by atoms with Gasteiger partial charge in [0.1, 0.15) is 0 Å². The number of halogens is 5. The summed E-state index contributed by atoms with van der Waals surface area (Å²) in [5, 5.41) is 0.453. The molecule has 0 saturated carbocycles. The largest absolute Gasteiger partial charge is 0.493 e. The van der Waals surface area contributed by atoms with Crippen LogP contribution in [-0.2, 0) is 10.7 Å². The number of benzene rings is 1. The molecule has 0 aliphatic heterocycles. The minimum absolute atomic E-state index is 0.352. The van der Waals surface area contributed by atoms with Gasteiger partial charge in [-0.25, -0.2) is 8.78 Å². The molecular formula is C15H13F5O3S. The van der Waals surface area contributed by atoms with Crippen molar-refractivity contribution in [3.05, 3.63) is 23.1 Å². The summed E-state index contributed by atoms with van der Waals surface area (Å²) < 4.78 is 75.3.